The summed E-state index contributed by atoms with van der Waals surface area (Å²) < 4.78 is 0. The first-order chi connectivity index (χ1) is 12.7. The van der Waals surface area contributed by atoms with Crippen LogP contribution in [0.4, 0.5) is 0 Å². The van der Waals surface area contributed by atoms with E-state index in [4.69, 9.17) is 9.97 Å². The van der Waals surface area contributed by atoms with Gasteiger partial charge in [-0.15, -0.1) is 22.7 Å². The van der Waals surface area contributed by atoms with Crippen molar-refractivity contribution in [2.45, 2.75) is 0 Å². The molecule has 126 valence electrons. The Morgan fingerprint density at radius 1 is 0.615 bits per heavy atom. The maximum Gasteiger partial charge on any atom is 0.169 e. The summed E-state index contributed by atoms with van der Waals surface area (Å²) in [7, 11) is 0. The van der Waals surface area contributed by atoms with Crippen molar-refractivity contribution < 1.29 is 10.2 Å². The summed E-state index contributed by atoms with van der Waals surface area (Å²) in [6.07, 6.45) is 0. The third-order valence-electron chi connectivity index (χ3n) is 4.28. The molecule has 0 spiro atoms. The summed E-state index contributed by atoms with van der Waals surface area (Å²) in [6.45, 7) is 0. The Morgan fingerprint density at radius 3 is 1.46 bits per heavy atom. The lowest BCUT2D eigenvalue weighted by atomic mass is 10.0. The molecule has 0 amide bonds. The molecule has 0 aliphatic carbocycles. The molecule has 3 aromatic heterocycles. The molecule has 26 heavy (non-hydrogen) atoms. The van der Waals surface area contributed by atoms with Gasteiger partial charge in [-0.2, -0.15) is 0 Å². The van der Waals surface area contributed by atoms with Gasteiger partial charge in [-0.3, -0.25) is 0 Å². The van der Waals surface area contributed by atoms with E-state index in [-0.39, 0.29) is 11.5 Å². The molecule has 0 bridgehead atoms. The van der Waals surface area contributed by atoms with Gasteiger partial charge in [0.05, 0.1) is 22.2 Å². The number of phenols is 2. The standard InChI is InChI=1S/C20H12N2O2S2/c23-19-15(13-7-3-9-25-13)17-18(16(20(19)24)14-8-4-10-26-14)22-12-6-2-1-5-11(12)21-17/h1-10,23-24H. The Bertz CT molecular complexity index is 1150. The van der Waals surface area contributed by atoms with Crippen molar-refractivity contribution in [3.63, 3.8) is 0 Å². The zero-order valence-corrected chi connectivity index (χ0v) is 15.0. The van der Waals surface area contributed by atoms with E-state index in [0.717, 1.165) is 20.8 Å². The molecule has 0 saturated heterocycles. The van der Waals surface area contributed by atoms with Gasteiger partial charge in [0.25, 0.3) is 0 Å². The quantitative estimate of drug-likeness (QED) is 0.308. The molecule has 0 aliphatic rings. The molecular formula is C20H12N2O2S2. The monoisotopic (exact) mass is 376 g/mol. The number of thiophene rings is 2. The van der Waals surface area contributed by atoms with Gasteiger partial charge in [0.15, 0.2) is 11.5 Å². The van der Waals surface area contributed by atoms with Crippen molar-refractivity contribution >= 4 is 44.7 Å². The van der Waals surface area contributed by atoms with Crippen LogP contribution in [0.2, 0.25) is 0 Å². The molecule has 2 N–H and O–H groups in total. The number of benzene rings is 2. The molecule has 0 saturated carbocycles. The predicted molar refractivity (Wildman–Crippen MR) is 107 cm³/mol. The highest BCUT2D eigenvalue weighted by molar-refractivity contribution is 7.14. The van der Waals surface area contributed by atoms with Crippen molar-refractivity contribution in [3.05, 3.63) is 59.3 Å². The summed E-state index contributed by atoms with van der Waals surface area (Å²) in [4.78, 5) is 11.2. The first-order valence-electron chi connectivity index (χ1n) is 7.96. The zero-order valence-electron chi connectivity index (χ0n) is 13.4. The van der Waals surface area contributed by atoms with E-state index >= 15 is 0 Å². The number of rotatable bonds is 2. The minimum absolute atomic E-state index is 0.159. The second-order valence-corrected chi connectivity index (χ2v) is 7.71. The van der Waals surface area contributed by atoms with Gasteiger partial charge in [0, 0.05) is 9.75 Å². The first kappa shape index (κ1) is 15.3. The third kappa shape index (κ3) is 2.20. The van der Waals surface area contributed by atoms with Crippen LogP contribution < -0.4 is 0 Å². The van der Waals surface area contributed by atoms with Crippen LogP contribution >= 0.6 is 22.7 Å². The van der Waals surface area contributed by atoms with Gasteiger partial charge in [-0.1, -0.05) is 24.3 Å². The molecule has 5 aromatic rings. The van der Waals surface area contributed by atoms with Gasteiger partial charge in [-0.05, 0) is 35.0 Å². The van der Waals surface area contributed by atoms with E-state index in [2.05, 4.69) is 0 Å². The van der Waals surface area contributed by atoms with E-state index in [1.54, 1.807) is 0 Å². The Hall–Kier alpha value is -2.96. The van der Waals surface area contributed by atoms with Gasteiger partial charge in [0.1, 0.15) is 11.0 Å². The molecule has 0 fully saturated rings. The highest BCUT2D eigenvalue weighted by Gasteiger charge is 2.24. The van der Waals surface area contributed by atoms with Crippen LogP contribution in [0.1, 0.15) is 0 Å². The third-order valence-corrected chi connectivity index (χ3v) is 6.05. The highest BCUT2D eigenvalue weighted by atomic mass is 32.1. The number of fused-ring (bicyclic) bond motifs is 2. The number of phenolic OH excluding ortho intramolecular Hbond substituents is 2. The van der Waals surface area contributed by atoms with Gasteiger partial charge in [0.2, 0.25) is 0 Å². The fraction of sp³-hybridized carbons (Fsp3) is 0. The summed E-state index contributed by atoms with van der Waals surface area (Å²) in [5.41, 5.74) is 3.71. The fourth-order valence-electron chi connectivity index (χ4n) is 3.12. The zero-order chi connectivity index (χ0) is 17.7. The van der Waals surface area contributed by atoms with Crippen molar-refractivity contribution in [3.8, 4) is 32.4 Å². The Balaban J connectivity index is 2.02. The Labute approximate surface area is 156 Å². The number of aromatic nitrogens is 2. The highest BCUT2D eigenvalue weighted by Crippen LogP contribution is 2.50. The maximum atomic E-state index is 10.8. The molecule has 0 radical (unpaired) electrons. The van der Waals surface area contributed by atoms with Gasteiger partial charge in [-0.25, -0.2) is 9.97 Å². The van der Waals surface area contributed by atoms with Gasteiger partial charge >= 0.3 is 0 Å². The smallest absolute Gasteiger partial charge is 0.169 e. The molecule has 0 unspecified atom stereocenters. The van der Waals surface area contributed by atoms with Crippen LogP contribution in [-0.4, -0.2) is 20.2 Å². The molecule has 2 aromatic carbocycles. The number of hydrogen-bond donors (Lipinski definition) is 2. The lowest BCUT2D eigenvalue weighted by molar-refractivity contribution is 0.407. The molecule has 0 atom stereocenters. The minimum Gasteiger partial charge on any atom is -0.504 e. The van der Waals surface area contributed by atoms with E-state index in [1.165, 1.54) is 22.7 Å². The largest absolute Gasteiger partial charge is 0.504 e. The lowest BCUT2D eigenvalue weighted by Gasteiger charge is -2.14. The van der Waals surface area contributed by atoms with Crippen LogP contribution in [0.15, 0.2) is 59.3 Å². The Kier molecular flexibility index (Phi) is 3.41. The molecule has 3 heterocycles. The fourth-order valence-corrected chi connectivity index (χ4v) is 4.66. The van der Waals surface area contributed by atoms with Crippen LogP contribution in [0.3, 0.4) is 0 Å². The van der Waals surface area contributed by atoms with Crippen molar-refractivity contribution in [2.24, 2.45) is 0 Å². The van der Waals surface area contributed by atoms with Crippen LogP contribution in [0.25, 0.3) is 42.9 Å². The summed E-state index contributed by atoms with van der Waals surface area (Å²) >= 11 is 2.97. The lowest BCUT2D eigenvalue weighted by Crippen LogP contribution is -1.94. The number of nitrogens with zero attached hydrogens (tertiary/aromatic N) is 2. The van der Waals surface area contributed by atoms with Gasteiger partial charge < -0.3 is 10.2 Å². The molecule has 4 nitrogen and oxygen atoms in total. The van der Waals surface area contributed by atoms with Crippen molar-refractivity contribution in [1.29, 1.82) is 0 Å². The summed E-state index contributed by atoms with van der Waals surface area (Å²) in [5.74, 6) is -0.319. The van der Waals surface area contributed by atoms with Crippen molar-refractivity contribution in [1.82, 2.24) is 9.97 Å². The van der Waals surface area contributed by atoms with E-state index in [1.807, 2.05) is 59.3 Å². The average Bonchev–Trinajstić information content (AvgIpc) is 3.35. The summed E-state index contributed by atoms with van der Waals surface area (Å²) in [6, 6.07) is 15.2. The molecule has 5 rings (SSSR count). The van der Waals surface area contributed by atoms with Crippen LogP contribution in [0.5, 0.6) is 11.5 Å². The van der Waals surface area contributed by atoms with Crippen molar-refractivity contribution in [2.75, 3.05) is 0 Å². The van der Waals surface area contributed by atoms with E-state index in [0.29, 0.717) is 22.2 Å². The maximum absolute atomic E-state index is 10.8. The minimum atomic E-state index is -0.159. The predicted octanol–water partition coefficient (Wildman–Crippen LogP) is 5.65. The first-order valence-corrected chi connectivity index (χ1v) is 9.72. The molecule has 6 heteroatoms. The van der Waals surface area contributed by atoms with Crippen LogP contribution in [-0.2, 0) is 0 Å². The van der Waals surface area contributed by atoms with Crippen LogP contribution in [0, 0.1) is 0 Å². The summed E-state index contributed by atoms with van der Waals surface area (Å²) in [5, 5.41) is 25.5. The second kappa shape index (κ2) is 5.79. The second-order valence-electron chi connectivity index (χ2n) is 5.81. The number of para-hydroxylation sites is 2. The van der Waals surface area contributed by atoms with E-state index in [9.17, 15) is 10.2 Å². The van der Waals surface area contributed by atoms with E-state index < -0.39 is 0 Å². The number of hydrogen-bond acceptors (Lipinski definition) is 6. The number of aromatic hydroxyl groups is 2. The SMILES string of the molecule is Oc1c(O)c(-c2cccs2)c2nc3ccccc3nc2c1-c1cccs1. The Morgan fingerprint density at radius 2 is 1.08 bits per heavy atom. The molecule has 0 aliphatic heterocycles. The topological polar surface area (TPSA) is 66.2 Å². The average molecular weight is 376 g/mol. The normalized spacial score (nSPS) is 11.4. The molecular weight excluding hydrogens is 364 g/mol.